The summed E-state index contributed by atoms with van der Waals surface area (Å²) in [5.41, 5.74) is 2.30. The lowest BCUT2D eigenvalue weighted by molar-refractivity contribution is 0.190. The van der Waals surface area contributed by atoms with Crippen LogP contribution in [0.3, 0.4) is 0 Å². The Labute approximate surface area is 137 Å². The third kappa shape index (κ3) is 3.32. The molecule has 0 spiro atoms. The van der Waals surface area contributed by atoms with E-state index in [1.807, 2.05) is 17.0 Å². The van der Waals surface area contributed by atoms with E-state index in [4.69, 9.17) is 11.6 Å². The van der Waals surface area contributed by atoms with Crippen LogP contribution in [0.5, 0.6) is 0 Å². The Bertz CT molecular complexity index is 535. The Kier molecular flexibility index (Phi) is 4.77. The van der Waals surface area contributed by atoms with Gasteiger partial charge in [-0.25, -0.2) is 4.79 Å². The van der Waals surface area contributed by atoms with Crippen molar-refractivity contribution < 1.29 is 4.79 Å². The van der Waals surface area contributed by atoms with Crippen molar-refractivity contribution in [3.63, 3.8) is 0 Å². The average Bonchev–Trinajstić information content (AvgIpc) is 3.03. The zero-order chi connectivity index (χ0) is 15.5. The van der Waals surface area contributed by atoms with Gasteiger partial charge in [-0.2, -0.15) is 0 Å². The maximum atomic E-state index is 12.3. The molecular weight excluding hydrogens is 298 g/mol. The lowest BCUT2D eigenvalue weighted by atomic mass is 10.1. The number of urea groups is 1. The van der Waals surface area contributed by atoms with E-state index in [0.29, 0.717) is 6.04 Å². The molecule has 4 nitrogen and oxygen atoms in total. The maximum Gasteiger partial charge on any atom is 0.317 e. The van der Waals surface area contributed by atoms with Crippen LogP contribution >= 0.6 is 11.6 Å². The number of piperazine rings is 1. The van der Waals surface area contributed by atoms with E-state index in [-0.39, 0.29) is 6.03 Å². The van der Waals surface area contributed by atoms with Gasteiger partial charge in [-0.05, 0) is 37.5 Å². The molecule has 5 heteroatoms. The van der Waals surface area contributed by atoms with E-state index in [0.717, 1.165) is 49.6 Å². The highest BCUT2D eigenvalue weighted by Gasteiger charge is 2.25. The molecule has 1 saturated carbocycles. The van der Waals surface area contributed by atoms with Crippen molar-refractivity contribution in [2.45, 2.75) is 38.6 Å². The van der Waals surface area contributed by atoms with E-state index in [1.54, 1.807) is 0 Å². The predicted octanol–water partition coefficient (Wildman–Crippen LogP) is 3.42. The first-order valence-electron chi connectivity index (χ1n) is 8.20. The molecule has 0 aromatic heterocycles. The summed E-state index contributed by atoms with van der Waals surface area (Å²) in [6.45, 7) is 5.31. The van der Waals surface area contributed by atoms with Crippen molar-refractivity contribution in [1.82, 2.24) is 10.2 Å². The summed E-state index contributed by atoms with van der Waals surface area (Å²) in [4.78, 5) is 16.6. The van der Waals surface area contributed by atoms with Crippen molar-refractivity contribution in [2.24, 2.45) is 0 Å². The van der Waals surface area contributed by atoms with Gasteiger partial charge in [-0.3, -0.25) is 0 Å². The topological polar surface area (TPSA) is 35.6 Å². The summed E-state index contributed by atoms with van der Waals surface area (Å²) in [5, 5.41) is 3.98. The molecule has 2 amide bonds. The SMILES string of the molecule is Cc1c(Cl)cccc1N1CCN(C(=O)NC2CCCC2)CC1. The number of amides is 2. The van der Waals surface area contributed by atoms with Gasteiger partial charge < -0.3 is 15.1 Å². The number of hydrogen-bond acceptors (Lipinski definition) is 2. The van der Waals surface area contributed by atoms with Crippen molar-refractivity contribution in [2.75, 3.05) is 31.1 Å². The molecule has 0 bridgehead atoms. The van der Waals surface area contributed by atoms with Gasteiger partial charge in [-0.1, -0.05) is 30.5 Å². The van der Waals surface area contributed by atoms with Gasteiger partial charge in [0.2, 0.25) is 0 Å². The van der Waals surface area contributed by atoms with Gasteiger partial charge in [-0.15, -0.1) is 0 Å². The van der Waals surface area contributed by atoms with Crippen molar-refractivity contribution in [3.8, 4) is 0 Å². The Hall–Kier alpha value is -1.42. The van der Waals surface area contributed by atoms with Gasteiger partial charge in [0, 0.05) is 42.9 Å². The molecule has 2 aliphatic rings. The fraction of sp³-hybridized carbons (Fsp3) is 0.588. The number of benzene rings is 1. The van der Waals surface area contributed by atoms with E-state index >= 15 is 0 Å². The quantitative estimate of drug-likeness (QED) is 0.906. The number of carbonyl (C=O) groups excluding carboxylic acids is 1. The summed E-state index contributed by atoms with van der Waals surface area (Å²) in [6.07, 6.45) is 4.75. The molecule has 1 heterocycles. The molecule has 0 radical (unpaired) electrons. The largest absolute Gasteiger partial charge is 0.368 e. The third-order valence-corrected chi connectivity index (χ3v) is 5.24. The van der Waals surface area contributed by atoms with Crippen LogP contribution in [0.15, 0.2) is 18.2 Å². The van der Waals surface area contributed by atoms with Crippen LogP contribution in [0.2, 0.25) is 5.02 Å². The molecule has 1 aromatic rings. The summed E-state index contributed by atoms with van der Waals surface area (Å²) in [7, 11) is 0. The highest BCUT2D eigenvalue weighted by molar-refractivity contribution is 6.31. The van der Waals surface area contributed by atoms with Crippen LogP contribution in [0.25, 0.3) is 0 Å². The van der Waals surface area contributed by atoms with Gasteiger partial charge in [0.15, 0.2) is 0 Å². The second kappa shape index (κ2) is 6.78. The number of nitrogens with zero attached hydrogens (tertiary/aromatic N) is 2. The van der Waals surface area contributed by atoms with Gasteiger partial charge in [0.1, 0.15) is 0 Å². The Balaban J connectivity index is 1.55. The van der Waals surface area contributed by atoms with Gasteiger partial charge in [0.05, 0.1) is 0 Å². The number of rotatable bonds is 2. The monoisotopic (exact) mass is 321 g/mol. The average molecular weight is 322 g/mol. The molecule has 1 aromatic carbocycles. The molecule has 0 atom stereocenters. The van der Waals surface area contributed by atoms with Crippen LogP contribution in [0, 0.1) is 6.92 Å². The highest BCUT2D eigenvalue weighted by atomic mass is 35.5. The van der Waals surface area contributed by atoms with Crippen molar-refractivity contribution >= 4 is 23.3 Å². The van der Waals surface area contributed by atoms with E-state index in [9.17, 15) is 4.79 Å². The number of halogens is 1. The number of nitrogens with one attached hydrogen (secondary N) is 1. The molecule has 1 aliphatic carbocycles. The summed E-state index contributed by atoms with van der Waals surface area (Å²) in [6, 6.07) is 6.51. The lowest BCUT2D eigenvalue weighted by Crippen LogP contribution is -2.53. The molecule has 1 saturated heterocycles. The second-order valence-corrected chi connectivity index (χ2v) is 6.70. The Morgan fingerprint density at radius 3 is 2.55 bits per heavy atom. The van der Waals surface area contributed by atoms with Crippen LogP contribution in [-0.4, -0.2) is 43.2 Å². The summed E-state index contributed by atoms with van der Waals surface area (Å²) >= 11 is 6.21. The predicted molar refractivity (Wildman–Crippen MR) is 90.8 cm³/mol. The van der Waals surface area contributed by atoms with Gasteiger partial charge in [0.25, 0.3) is 0 Å². The van der Waals surface area contributed by atoms with Crippen LogP contribution in [0.4, 0.5) is 10.5 Å². The highest BCUT2D eigenvalue weighted by Crippen LogP contribution is 2.27. The minimum Gasteiger partial charge on any atom is -0.368 e. The fourth-order valence-electron chi connectivity index (χ4n) is 3.43. The summed E-state index contributed by atoms with van der Waals surface area (Å²) in [5.74, 6) is 0. The molecule has 3 rings (SSSR count). The van der Waals surface area contributed by atoms with E-state index in [2.05, 4.69) is 23.2 Å². The zero-order valence-electron chi connectivity index (χ0n) is 13.1. The minimum absolute atomic E-state index is 0.106. The molecule has 120 valence electrons. The van der Waals surface area contributed by atoms with Crippen molar-refractivity contribution in [1.29, 1.82) is 0 Å². The Morgan fingerprint density at radius 1 is 1.18 bits per heavy atom. The summed E-state index contributed by atoms with van der Waals surface area (Å²) < 4.78 is 0. The van der Waals surface area contributed by atoms with E-state index < -0.39 is 0 Å². The molecule has 22 heavy (non-hydrogen) atoms. The second-order valence-electron chi connectivity index (χ2n) is 6.29. The molecule has 1 N–H and O–H groups in total. The van der Waals surface area contributed by atoms with Crippen LogP contribution in [-0.2, 0) is 0 Å². The molecule has 2 fully saturated rings. The third-order valence-electron chi connectivity index (χ3n) is 4.83. The smallest absolute Gasteiger partial charge is 0.317 e. The normalized spacial score (nSPS) is 19.5. The molecule has 1 aliphatic heterocycles. The van der Waals surface area contributed by atoms with Crippen LogP contribution in [0.1, 0.15) is 31.2 Å². The standard InChI is InChI=1S/C17H24ClN3O/c1-13-15(18)7-4-8-16(13)20-9-11-21(12-10-20)17(22)19-14-5-2-3-6-14/h4,7-8,14H,2-3,5-6,9-12H2,1H3,(H,19,22). The molecule has 0 unspecified atom stereocenters. The maximum absolute atomic E-state index is 12.3. The lowest BCUT2D eigenvalue weighted by Gasteiger charge is -2.37. The van der Waals surface area contributed by atoms with Crippen molar-refractivity contribution in [3.05, 3.63) is 28.8 Å². The zero-order valence-corrected chi connectivity index (χ0v) is 13.9. The minimum atomic E-state index is 0.106. The first-order chi connectivity index (χ1) is 10.6. The fourth-order valence-corrected chi connectivity index (χ4v) is 3.59. The number of anilines is 1. The number of carbonyl (C=O) groups is 1. The number of hydrogen-bond donors (Lipinski definition) is 1. The van der Waals surface area contributed by atoms with Gasteiger partial charge >= 0.3 is 6.03 Å². The first-order valence-corrected chi connectivity index (χ1v) is 8.58. The van der Waals surface area contributed by atoms with Crippen LogP contribution < -0.4 is 10.2 Å². The van der Waals surface area contributed by atoms with E-state index in [1.165, 1.54) is 18.5 Å². The first kappa shape index (κ1) is 15.5. The Morgan fingerprint density at radius 2 is 1.86 bits per heavy atom. The molecular formula is C17H24ClN3O.